The second kappa shape index (κ2) is 7.19. The lowest BCUT2D eigenvalue weighted by molar-refractivity contribution is 0.0900. The van der Waals surface area contributed by atoms with Crippen molar-refractivity contribution in [3.63, 3.8) is 0 Å². The first-order chi connectivity index (χ1) is 12.8. The fourth-order valence-electron chi connectivity index (χ4n) is 3.50. The summed E-state index contributed by atoms with van der Waals surface area (Å²) in [5, 5.41) is 9.39. The summed E-state index contributed by atoms with van der Waals surface area (Å²) in [6.45, 7) is 0.874. The molecular formula is C19H19FN4O3. The molecule has 1 aromatic heterocycles. The van der Waals surface area contributed by atoms with E-state index >= 15 is 0 Å². The number of nitrogens with zero attached hydrogens (tertiary/aromatic N) is 4. The van der Waals surface area contributed by atoms with Gasteiger partial charge in [0, 0.05) is 38.7 Å². The second-order valence-corrected chi connectivity index (χ2v) is 6.65. The Morgan fingerprint density at radius 2 is 1.70 bits per heavy atom. The molecule has 0 radical (unpaired) electrons. The van der Waals surface area contributed by atoms with Crippen LogP contribution >= 0.6 is 0 Å². The molecule has 0 bridgehead atoms. The van der Waals surface area contributed by atoms with Crippen molar-refractivity contribution in [1.82, 2.24) is 9.13 Å². The molecule has 0 aliphatic carbocycles. The SMILES string of the molecule is Cn1c(N2CCC(C(=O)c3ccc(F)cc3)CC2)c(C#N)c(=O)n(C)c1=O. The number of Topliss-reactive ketones (excluding diaryl/α,β-unsaturated/α-hetero) is 1. The van der Waals surface area contributed by atoms with Gasteiger partial charge < -0.3 is 4.90 Å². The molecule has 3 rings (SSSR count). The summed E-state index contributed by atoms with van der Waals surface area (Å²) >= 11 is 0. The number of benzene rings is 1. The van der Waals surface area contributed by atoms with E-state index < -0.39 is 17.1 Å². The molecule has 0 N–H and O–H groups in total. The monoisotopic (exact) mass is 370 g/mol. The van der Waals surface area contributed by atoms with E-state index in [2.05, 4.69) is 0 Å². The molecule has 2 aromatic rings. The number of carbonyl (C=O) groups is 1. The van der Waals surface area contributed by atoms with Gasteiger partial charge in [0.15, 0.2) is 11.3 Å². The predicted molar refractivity (Wildman–Crippen MR) is 97.3 cm³/mol. The number of hydrogen-bond acceptors (Lipinski definition) is 5. The van der Waals surface area contributed by atoms with E-state index in [0.29, 0.717) is 37.3 Å². The van der Waals surface area contributed by atoms with E-state index in [0.717, 1.165) is 4.57 Å². The highest BCUT2D eigenvalue weighted by molar-refractivity contribution is 5.98. The van der Waals surface area contributed by atoms with E-state index in [1.54, 1.807) is 4.90 Å². The van der Waals surface area contributed by atoms with Gasteiger partial charge in [0.05, 0.1) is 0 Å². The summed E-state index contributed by atoms with van der Waals surface area (Å²) in [6.07, 6.45) is 1.04. The number of piperidine rings is 1. The van der Waals surface area contributed by atoms with Crippen LogP contribution in [0.2, 0.25) is 0 Å². The number of halogens is 1. The summed E-state index contributed by atoms with van der Waals surface area (Å²) in [5.74, 6) is -0.371. The van der Waals surface area contributed by atoms with Crippen LogP contribution in [0.15, 0.2) is 33.9 Å². The Morgan fingerprint density at radius 3 is 2.26 bits per heavy atom. The molecule has 0 saturated carbocycles. The van der Waals surface area contributed by atoms with Crippen LogP contribution in [0.4, 0.5) is 10.2 Å². The number of anilines is 1. The van der Waals surface area contributed by atoms with Crippen molar-refractivity contribution >= 4 is 11.6 Å². The molecule has 1 aliphatic rings. The highest BCUT2D eigenvalue weighted by Gasteiger charge is 2.29. The Morgan fingerprint density at radius 1 is 1.11 bits per heavy atom. The zero-order valence-electron chi connectivity index (χ0n) is 15.1. The van der Waals surface area contributed by atoms with Crippen molar-refractivity contribution in [2.45, 2.75) is 12.8 Å². The standard InChI is InChI=1S/C19H19FN4O3/c1-22-17(15(11-21)18(26)23(2)19(22)27)24-9-7-13(8-10-24)16(25)12-3-5-14(20)6-4-12/h3-6,13H,7-10H2,1-2H3. The maximum Gasteiger partial charge on any atom is 0.332 e. The number of hydrogen-bond donors (Lipinski definition) is 0. The van der Waals surface area contributed by atoms with Gasteiger partial charge in [-0.25, -0.2) is 9.18 Å². The van der Waals surface area contributed by atoms with Crippen LogP contribution < -0.4 is 16.1 Å². The third kappa shape index (κ3) is 3.28. The van der Waals surface area contributed by atoms with Gasteiger partial charge in [-0.15, -0.1) is 0 Å². The number of ketones is 1. The number of nitriles is 1. The fraction of sp³-hybridized carbons (Fsp3) is 0.368. The van der Waals surface area contributed by atoms with Crippen molar-refractivity contribution in [2.24, 2.45) is 20.0 Å². The first-order valence-corrected chi connectivity index (χ1v) is 8.60. The smallest absolute Gasteiger partial charge is 0.332 e. The van der Waals surface area contributed by atoms with E-state index in [1.807, 2.05) is 6.07 Å². The van der Waals surface area contributed by atoms with Crippen LogP contribution in [0.25, 0.3) is 0 Å². The van der Waals surface area contributed by atoms with E-state index in [9.17, 15) is 24.0 Å². The van der Waals surface area contributed by atoms with Crippen LogP contribution in [0, 0.1) is 23.1 Å². The Bertz CT molecular complexity index is 1040. The number of rotatable bonds is 3. The molecule has 0 amide bonds. The van der Waals surface area contributed by atoms with E-state index in [-0.39, 0.29) is 17.3 Å². The molecule has 0 atom stereocenters. The molecule has 2 heterocycles. The van der Waals surface area contributed by atoms with Gasteiger partial charge in [-0.3, -0.25) is 18.7 Å². The first kappa shape index (κ1) is 18.6. The van der Waals surface area contributed by atoms with Gasteiger partial charge >= 0.3 is 5.69 Å². The van der Waals surface area contributed by atoms with Crippen LogP contribution in [-0.2, 0) is 14.1 Å². The van der Waals surface area contributed by atoms with Gasteiger partial charge in [-0.1, -0.05) is 0 Å². The maximum absolute atomic E-state index is 13.0. The van der Waals surface area contributed by atoms with Crippen molar-refractivity contribution in [1.29, 1.82) is 5.26 Å². The van der Waals surface area contributed by atoms with Gasteiger partial charge in [-0.2, -0.15) is 5.26 Å². The molecular weight excluding hydrogens is 351 g/mol. The van der Waals surface area contributed by atoms with Crippen molar-refractivity contribution < 1.29 is 9.18 Å². The Kier molecular flexibility index (Phi) is 4.95. The molecule has 8 heteroatoms. The van der Waals surface area contributed by atoms with Gasteiger partial charge in [0.25, 0.3) is 5.56 Å². The normalized spacial score (nSPS) is 14.8. The summed E-state index contributed by atoms with van der Waals surface area (Å²) in [4.78, 5) is 38.8. The molecule has 7 nitrogen and oxygen atoms in total. The maximum atomic E-state index is 13.0. The van der Waals surface area contributed by atoms with Gasteiger partial charge in [0.1, 0.15) is 17.7 Å². The van der Waals surface area contributed by atoms with E-state index in [4.69, 9.17) is 0 Å². The zero-order valence-corrected chi connectivity index (χ0v) is 15.1. The van der Waals surface area contributed by atoms with Crippen molar-refractivity contribution in [2.75, 3.05) is 18.0 Å². The second-order valence-electron chi connectivity index (χ2n) is 6.65. The lowest BCUT2D eigenvalue weighted by Gasteiger charge is -2.34. The molecule has 1 fully saturated rings. The van der Waals surface area contributed by atoms with Gasteiger partial charge in [-0.05, 0) is 37.1 Å². The van der Waals surface area contributed by atoms with Gasteiger partial charge in [0.2, 0.25) is 0 Å². The average molecular weight is 370 g/mol. The third-order valence-corrected chi connectivity index (χ3v) is 5.04. The van der Waals surface area contributed by atoms with Crippen molar-refractivity contribution in [3.8, 4) is 6.07 Å². The van der Waals surface area contributed by atoms with Crippen LogP contribution in [0.1, 0.15) is 28.8 Å². The zero-order chi connectivity index (χ0) is 19.7. The Labute approximate surface area is 154 Å². The van der Waals surface area contributed by atoms with Crippen LogP contribution in [0.5, 0.6) is 0 Å². The molecule has 27 heavy (non-hydrogen) atoms. The molecule has 0 unspecified atom stereocenters. The molecule has 1 saturated heterocycles. The third-order valence-electron chi connectivity index (χ3n) is 5.04. The number of carbonyl (C=O) groups excluding carboxylic acids is 1. The largest absolute Gasteiger partial charge is 0.357 e. The Hall–Kier alpha value is -3.21. The summed E-state index contributed by atoms with van der Waals surface area (Å²) in [7, 11) is 2.86. The number of aromatic nitrogens is 2. The minimum atomic E-state index is -0.625. The van der Waals surface area contributed by atoms with Crippen molar-refractivity contribution in [3.05, 3.63) is 62.0 Å². The summed E-state index contributed by atoms with van der Waals surface area (Å²) in [5.41, 5.74) is -0.741. The minimum absolute atomic E-state index is 0.0481. The summed E-state index contributed by atoms with van der Waals surface area (Å²) < 4.78 is 15.2. The topological polar surface area (TPSA) is 88.1 Å². The predicted octanol–water partition coefficient (Wildman–Crippen LogP) is 1.19. The minimum Gasteiger partial charge on any atom is -0.357 e. The Balaban J connectivity index is 1.84. The first-order valence-electron chi connectivity index (χ1n) is 8.60. The summed E-state index contributed by atoms with van der Waals surface area (Å²) in [6, 6.07) is 7.37. The lowest BCUT2D eigenvalue weighted by Crippen LogP contribution is -2.45. The molecule has 1 aromatic carbocycles. The molecule has 140 valence electrons. The average Bonchev–Trinajstić information content (AvgIpc) is 2.69. The van der Waals surface area contributed by atoms with Crippen LogP contribution in [-0.4, -0.2) is 28.0 Å². The van der Waals surface area contributed by atoms with Crippen LogP contribution in [0.3, 0.4) is 0 Å². The quantitative estimate of drug-likeness (QED) is 0.758. The van der Waals surface area contributed by atoms with E-state index in [1.165, 1.54) is 42.9 Å². The lowest BCUT2D eigenvalue weighted by atomic mass is 9.89. The highest BCUT2D eigenvalue weighted by Crippen LogP contribution is 2.26. The molecule has 0 spiro atoms. The molecule has 1 aliphatic heterocycles. The highest BCUT2D eigenvalue weighted by atomic mass is 19.1. The fourth-order valence-corrected chi connectivity index (χ4v) is 3.50.